The molecule has 2 rings (SSSR count). The molecule has 5 nitrogen and oxygen atoms in total. The predicted octanol–water partition coefficient (Wildman–Crippen LogP) is 0.471. The zero-order valence-corrected chi connectivity index (χ0v) is 9.82. The zero-order chi connectivity index (χ0) is 11.2. The van der Waals surface area contributed by atoms with E-state index in [4.69, 9.17) is 15.6 Å². The van der Waals surface area contributed by atoms with Crippen molar-refractivity contribution in [1.82, 2.24) is 10.3 Å². The lowest BCUT2D eigenvalue weighted by atomic mass is 9.96. The molecule has 5 heteroatoms. The number of guanidine groups is 1. The fraction of sp³-hybridized carbons (Fsp3) is 0.909. The topological polar surface area (TPSA) is 62.9 Å². The van der Waals surface area contributed by atoms with Crippen LogP contribution in [0.4, 0.5) is 0 Å². The maximum Gasteiger partial charge on any atom is 0.208 e. The summed E-state index contributed by atoms with van der Waals surface area (Å²) >= 11 is 0. The van der Waals surface area contributed by atoms with E-state index in [0.29, 0.717) is 6.04 Å². The number of morpholine rings is 1. The maximum absolute atomic E-state index is 5.56. The molecule has 0 aromatic carbocycles. The summed E-state index contributed by atoms with van der Waals surface area (Å²) in [5, 5.41) is 0. The molecule has 1 aliphatic heterocycles. The molecule has 0 amide bonds. The van der Waals surface area contributed by atoms with Crippen LogP contribution in [0.2, 0.25) is 0 Å². The number of nitrogens with two attached hydrogens (primary N) is 1. The van der Waals surface area contributed by atoms with Gasteiger partial charge in [0, 0.05) is 13.1 Å². The van der Waals surface area contributed by atoms with Crippen molar-refractivity contribution in [2.24, 2.45) is 10.8 Å². The third-order valence-corrected chi connectivity index (χ3v) is 3.32. The average molecular weight is 226 g/mol. The van der Waals surface area contributed by atoms with Gasteiger partial charge in [0.1, 0.15) is 0 Å². The Balaban J connectivity index is 1.93. The zero-order valence-electron chi connectivity index (χ0n) is 9.82. The molecule has 3 N–H and O–H groups in total. The lowest BCUT2D eigenvalue weighted by Gasteiger charge is -2.30. The second-order valence-electron chi connectivity index (χ2n) is 4.49. The standard InChI is InChI=1S/C11H22N4O/c12-14-11(15-6-8-16-9-7-15)13-10-4-2-1-3-5-10/h10H,1-9,12H2,(H,13,14). The van der Waals surface area contributed by atoms with Crippen LogP contribution in [0.15, 0.2) is 4.99 Å². The minimum absolute atomic E-state index is 0.461. The van der Waals surface area contributed by atoms with Crippen LogP contribution >= 0.6 is 0 Å². The number of nitrogens with zero attached hydrogens (tertiary/aromatic N) is 2. The third-order valence-electron chi connectivity index (χ3n) is 3.32. The number of rotatable bonds is 1. The van der Waals surface area contributed by atoms with Crippen molar-refractivity contribution in [3.05, 3.63) is 0 Å². The van der Waals surface area contributed by atoms with Gasteiger partial charge in [0.25, 0.3) is 0 Å². The van der Waals surface area contributed by atoms with Crippen molar-refractivity contribution in [2.75, 3.05) is 26.3 Å². The number of aliphatic imine (C=N–C) groups is 1. The van der Waals surface area contributed by atoms with Crippen LogP contribution in [-0.4, -0.2) is 43.2 Å². The smallest absolute Gasteiger partial charge is 0.208 e. The molecule has 0 bridgehead atoms. The highest BCUT2D eigenvalue weighted by Crippen LogP contribution is 2.20. The van der Waals surface area contributed by atoms with Crippen LogP contribution in [0, 0.1) is 0 Å². The van der Waals surface area contributed by atoms with E-state index >= 15 is 0 Å². The molecule has 0 spiro atoms. The summed E-state index contributed by atoms with van der Waals surface area (Å²) in [5.74, 6) is 6.40. The summed E-state index contributed by atoms with van der Waals surface area (Å²) in [5.41, 5.74) is 2.74. The molecule has 2 aliphatic rings. The van der Waals surface area contributed by atoms with Crippen molar-refractivity contribution < 1.29 is 4.74 Å². The number of ether oxygens (including phenoxy) is 1. The second kappa shape index (κ2) is 6.06. The van der Waals surface area contributed by atoms with Crippen LogP contribution in [0.5, 0.6) is 0 Å². The largest absolute Gasteiger partial charge is 0.378 e. The fourth-order valence-electron chi connectivity index (χ4n) is 2.37. The number of nitrogens with one attached hydrogen (secondary N) is 1. The number of hydrogen-bond acceptors (Lipinski definition) is 3. The van der Waals surface area contributed by atoms with E-state index in [9.17, 15) is 0 Å². The van der Waals surface area contributed by atoms with Gasteiger partial charge >= 0.3 is 0 Å². The highest BCUT2D eigenvalue weighted by atomic mass is 16.5. The molecule has 2 fully saturated rings. The van der Waals surface area contributed by atoms with Crippen molar-refractivity contribution in [1.29, 1.82) is 0 Å². The highest BCUT2D eigenvalue weighted by molar-refractivity contribution is 5.79. The first-order valence-corrected chi connectivity index (χ1v) is 6.27. The Morgan fingerprint density at radius 3 is 2.50 bits per heavy atom. The van der Waals surface area contributed by atoms with Crippen LogP contribution in [0.25, 0.3) is 0 Å². The molecular formula is C11H22N4O. The van der Waals surface area contributed by atoms with Gasteiger partial charge in [-0.25, -0.2) is 10.8 Å². The minimum atomic E-state index is 0.461. The molecule has 1 saturated heterocycles. The molecule has 0 atom stereocenters. The monoisotopic (exact) mass is 226 g/mol. The van der Waals surface area contributed by atoms with Gasteiger partial charge in [-0.3, -0.25) is 5.43 Å². The molecule has 0 unspecified atom stereocenters. The third kappa shape index (κ3) is 3.09. The SMILES string of the molecule is NNC(=NC1CCCCC1)N1CCOCC1. The number of hydrazine groups is 1. The lowest BCUT2D eigenvalue weighted by molar-refractivity contribution is 0.0662. The molecule has 16 heavy (non-hydrogen) atoms. The summed E-state index contributed by atoms with van der Waals surface area (Å²) in [7, 11) is 0. The lowest BCUT2D eigenvalue weighted by Crippen LogP contribution is -2.50. The van der Waals surface area contributed by atoms with Gasteiger partial charge in [-0.15, -0.1) is 0 Å². The van der Waals surface area contributed by atoms with Gasteiger partial charge in [0.2, 0.25) is 5.96 Å². The Bertz CT molecular complexity index is 232. The van der Waals surface area contributed by atoms with Gasteiger partial charge < -0.3 is 9.64 Å². The summed E-state index contributed by atoms with van der Waals surface area (Å²) in [6, 6.07) is 0.461. The first-order chi connectivity index (χ1) is 7.90. The normalized spacial score (nSPS) is 24.6. The highest BCUT2D eigenvalue weighted by Gasteiger charge is 2.18. The fourth-order valence-corrected chi connectivity index (χ4v) is 2.37. The van der Waals surface area contributed by atoms with E-state index in [1.54, 1.807) is 0 Å². The molecule has 1 saturated carbocycles. The molecule has 0 radical (unpaired) electrons. The molecule has 1 aliphatic carbocycles. The van der Waals surface area contributed by atoms with Crippen LogP contribution in [0.3, 0.4) is 0 Å². The van der Waals surface area contributed by atoms with Crippen LogP contribution in [-0.2, 0) is 4.74 Å². The second-order valence-corrected chi connectivity index (χ2v) is 4.49. The van der Waals surface area contributed by atoms with Crippen molar-refractivity contribution in [3.8, 4) is 0 Å². The Labute approximate surface area is 97.0 Å². The van der Waals surface area contributed by atoms with Crippen LogP contribution in [0.1, 0.15) is 32.1 Å². The van der Waals surface area contributed by atoms with Crippen molar-refractivity contribution >= 4 is 5.96 Å². The van der Waals surface area contributed by atoms with E-state index in [1.807, 2.05) is 0 Å². The Morgan fingerprint density at radius 2 is 1.88 bits per heavy atom. The summed E-state index contributed by atoms with van der Waals surface area (Å²) in [6.45, 7) is 3.31. The summed E-state index contributed by atoms with van der Waals surface area (Å²) in [4.78, 5) is 6.91. The minimum Gasteiger partial charge on any atom is -0.378 e. The number of hydrogen-bond donors (Lipinski definition) is 2. The maximum atomic E-state index is 5.56. The molecular weight excluding hydrogens is 204 g/mol. The molecule has 0 aromatic rings. The quantitative estimate of drug-likeness (QED) is 0.295. The van der Waals surface area contributed by atoms with E-state index in [1.165, 1.54) is 32.1 Å². The molecule has 92 valence electrons. The Morgan fingerprint density at radius 1 is 1.19 bits per heavy atom. The van der Waals surface area contributed by atoms with E-state index in [2.05, 4.69) is 10.3 Å². The summed E-state index contributed by atoms with van der Waals surface area (Å²) in [6.07, 6.45) is 6.37. The Kier molecular flexibility index (Phi) is 4.42. The first-order valence-electron chi connectivity index (χ1n) is 6.27. The van der Waals surface area contributed by atoms with E-state index in [-0.39, 0.29) is 0 Å². The summed E-state index contributed by atoms with van der Waals surface area (Å²) < 4.78 is 5.32. The van der Waals surface area contributed by atoms with Crippen molar-refractivity contribution in [2.45, 2.75) is 38.1 Å². The van der Waals surface area contributed by atoms with Gasteiger partial charge in [0.05, 0.1) is 19.3 Å². The van der Waals surface area contributed by atoms with E-state index in [0.717, 1.165) is 32.3 Å². The van der Waals surface area contributed by atoms with Gasteiger partial charge in [-0.05, 0) is 12.8 Å². The van der Waals surface area contributed by atoms with Gasteiger partial charge in [-0.2, -0.15) is 0 Å². The average Bonchev–Trinajstić information content (AvgIpc) is 2.38. The molecule has 1 heterocycles. The first kappa shape index (κ1) is 11.7. The van der Waals surface area contributed by atoms with E-state index < -0.39 is 0 Å². The van der Waals surface area contributed by atoms with Crippen LogP contribution < -0.4 is 11.3 Å². The Hall–Kier alpha value is -0.810. The van der Waals surface area contributed by atoms with Crippen molar-refractivity contribution in [3.63, 3.8) is 0 Å². The van der Waals surface area contributed by atoms with Gasteiger partial charge in [0.15, 0.2) is 0 Å². The van der Waals surface area contributed by atoms with Gasteiger partial charge in [-0.1, -0.05) is 19.3 Å². The predicted molar refractivity (Wildman–Crippen MR) is 64.0 cm³/mol. The molecule has 0 aromatic heterocycles.